The molecule has 8 nitrogen and oxygen atoms in total. The number of aromatic nitrogens is 2. The van der Waals surface area contributed by atoms with Crippen molar-refractivity contribution in [1.29, 1.82) is 0 Å². The molecule has 0 radical (unpaired) electrons. The Bertz CT molecular complexity index is 803. The van der Waals surface area contributed by atoms with Gasteiger partial charge >= 0.3 is 0 Å². The first-order valence-corrected chi connectivity index (χ1v) is 8.16. The number of benzene rings is 1. The molecule has 23 heavy (non-hydrogen) atoms. The molecule has 0 saturated carbocycles. The van der Waals surface area contributed by atoms with E-state index >= 15 is 0 Å². The molecule has 2 aromatic rings. The van der Waals surface area contributed by atoms with Crippen LogP contribution in [0.25, 0.3) is 0 Å². The lowest BCUT2D eigenvalue weighted by Crippen LogP contribution is -2.19. The summed E-state index contributed by atoms with van der Waals surface area (Å²) in [6.45, 7) is 0. The van der Waals surface area contributed by atoms with E-state index in [2.05, 4.69) is 20.0 Å². The Balaban J connectivity index is 2.22. The van der Waals surface area contributed by atoms with E-state index in [1.165, 1.54) is 43.8 Å². The summed E-state index contributed by atoms with van der Waals surface area (Å²) in [6.07, 6.45) is 2.89. The fourth-order valence-corrected chi connectivity index (χ4v) is 2.60. The zero-order chi connectivity index (χ0) is 17.0. The van der Waals surface area contributed by atoms with Crippen LogP contribution in [0.4, 0.5) is 11.5 Å². The van der Waals surface area contributed by atoms with Crippen LogP contribution in [0.2, 0.25) is 0 Å². The second kappa shape index (κ2) is 6.71. The second-order valence-electron chi connectivity index (χ2n) is 4.84. The Hall–Kier alpha value is -2.52. The molecule has 122 valence electrons. The van der Waals surface area contributed by atoms with Crippen LogP contribution in [0.15, 0.2) is 41.7 Å². The number of carbonyl (C=O) groups excluding carboxylic acids is 1. The number of hydrogen-bond acceptors (Lipinski definition) is 6. The minimum absolute atomic E-state index is 0.0913. The molecule has 0 aliphatic heterocycles. The highest BCUT2D eigenvalue weighted by molar-refractivity contribution is 7.89. The third kappa shape index (κ3) is 3.82. The third-order valence-electron chi connectivity index (χ3n) is 3.06. The molecule has 1 amide bonds. The minimum atomic E-state index is -3.53. The zero-order valence-electron chi connectivity index (χ0n) is 12.9. The van der Waals surface area contributed by atoms with Gasteiger partial charge < -0.3 is 10.2 Å². The van der Waals surface area contributed by atoms with Gasteiger partial charge in [0.05, 0.1) is 11.1 Å². The summed E-state index contributed by atoms with van der Waals surface area (Å²) in [6, 6.07) is 5.63. The molecular weight excluding hydrogens is 318 g/mol. The highest BCUT2D eigenvalue weighted by atomic mass is 32.2. The first-order chi connectivity index (χ1) is 10.8. The first kappa shape index (κ1) is 16.8. The molecule has 1 aromatic carbocycles. The van der Waals surface area contributed by atoms with Crippen LogP contribution in [0.3, 0.4) is 0 Å². The van der Waals surface area contributed by atoms with Crippen molar-refractivity contribution in [2.45, 2.75) is 4.90 Å². The maximum atomic E-state index is 12.3. The molecule has 2 rings (SSSR count). The number of carbonyl (C=O) groups is 1. The molecule has 0 aliphatic rings. The lowest BCUT2D eigenvalue weighted by molar-refractivity contribution is 0.102. The predicted octanol–water partition coefficient (Wildman–Crippen LogP) is 0.703. The van der Waals surface area contributed by atoms with Gasteiger partial charge in [-0.3, -0.25) is 4.79 Å². The van der Waals surface area contributed by atoms with Crippen molar-refractivity contribution in [1.82, 2.24) is 14.7 Å². The van der Waals surface area contributed by atoms with Crippen molar-refractivity contribution in [2.24, 2.45) is 0 Å². The van der Waals surface area contributed by atoms with E-state index < -0.39 is 10.0 Å². The SMILES string of the molecule is CNS(=O)(=O)c1ccc(C(=O)Nc2cncnc2N(C)C)cc1. The smallest absolute Gasteiger partial charge is 0.255 e. The topological polar surface area (TPSA) is 104 Å². The van der Waals surface area contributed by atoms with Gasteiger partial charge in [-0.1, -0.05) is 0 Å². The van der Waals surface area contributed by atoms with Gasteiger partial charge in [0.25, 0.3) is 5.91 Å². The monoisotopic (exact) mass is 335 g/mol. The fraction of sp³-hybridized carbons (Fsp3) is 0.214. The van der Waals surface area contributed by atoms with Crippen LogP contribution in [0.5, 0.6) is 0 Å². The van der Waals surface area contributed by atoms with Gasteiger partial charge in [-0.05, 0) is 31.3 Å². The van der Waals surface area contributed by atoms with Gasteiger partial charge in [-0.25, -0.2) is 23.1 Å². The summed E-state index contributed by atoms with van der Waals surface area (Å²) in [4.78, 5) is 22.1. The average Bonchev–Trinajstić information content (AvgIpc) is 2.55. The Morgan fingerprint density at radius 3 is 2.39 bits per heavy atom. The van der Waals surface area contributed by atoms with E-state index in [-0.39, 0.29) is 10.8 Å². The molecule has 0 saturated heterocycles. The summed E-state index contributed by atoms with van der Waals surface area (Å²) < 4.78 is 25.5. The highest BCUT2D eigenvalue weighted by Crippen LogP contribution is 2.20. The van der Waals surface area contributed by atoms with Crippen molar-refractivity contribution >= 4 is 27.4 Å². The van der Waals surface area contributed by atoms with Crippen molar-refractivity contribution in [3.8, 4) is 0 Å². The second-order valence-corrected chi connectivity index (χ2v) is 6.73. The Kier molecular flexibility index (Phi) is 4.92. The van der Waals surface area contributed by atoms with Crippen LogP contribution >= 0.6 is 0 Å². The minimum Gasteiger partial charge on any atom is -0.361 e. The number of anilines is 2. The van der Waals surface area contributed by atoms with Crippen LogP contribution < -0.4 is 14.9 Å². The lowest BCUT2D eigenvalue weighted by Gasteiger charge is -2.15. The molecule has 9 heteroatoms. The van der Waals surface area contributed by atoms with E-state index in [0.29, 0.717) is 17.1 Å². The quantitative estimate of drug-likeness (QED) is 0.833. The number of nitrogens with zero attached hydrogens (tertiary/aromatic N) is 3. The molecule has 0 atom stereocenters. The summed E-state index contributed by atoms with van der Waals surface area (Å²) in [5, 5.41) is 2.71. The van der Waals surface area contributed by atoms with E-state index in [1.54, 1.807) is 19.0 Å². The molecule has 0 fully saturated rings. The van der Waals surface area contributed by atoms with Gasteiger partial charge in [0, 0.05) is 19.7 Å². The summed E-state index contributed by atoms with van der Waals surface area (Å²) in [7, 11) is 1.40. The summed E-state index contributed by atoms with van der Waals surface area (Å²) >= 11 is 0. The lowest BCUT2D eigenvalue weighted by atomic mass is 10.2. The standard InChI is InChI=1S/C14H17N5O3S/c1-15-23(21,22)11-6-4-10(5-7-11)14(20)18-12-8-16-9-17-13(12)19(2)3/h4-9,15H,1-3H3,(H,18,20). The molecule has 0 spiro atoms. The van der Waals surface area contributed by atoms with E-state index in [1.807, 2.05) is 0 Å². The molecular formula is C14H17N5O3S. The Morgan fingerprint density at radius 2 is 1.83 bits per heavy atom. The number of sulfonamides is 1. The van der Waals surface area contributed by atoms with Crippen LogP contribution in [-0.4, -0.2) is 45.4 Å². The molecule has 1 aromatic heterocycles. The largest absolute Gasteiger partial charge is 0.361 e. The van der Waals surface area contributed by atoms with Crippen molar-refractivity contribution in [3.05, 3.63) is 42.4 Å². The summed E-state index contributed by atoms with van der Waals surface area (Å²) in [5.74, 6) is 0.194. The molecule has 0 aliphatic carbocycles. The Labute approximate surface area is 134 Å². The van der Waals surface area contributed by atoms with Crippen molar-refractivity contribution in [3.63, 3.8) is 0 Å². The van der Waals surface area contributed by atoms with Crippen molar-refractivity contribution < 1.29 is 13.2 Å². The van der Waals surface area contributed by atoms with E-state index in [9.17, 15) is 13.2 Å². The van der Waals surface area contributed by atoms with Crippen LogP contribution in [0, 0.1) is 0 Å². The van der Waals surface area contributed by atoms with Gasteiger partial charge in [-0.15, -0.1) is 0 Å². The maximum Gasteiger partial charge on any atom is 0.255 e. The predicted molar refractivity (Wildman–Crippen MR) is 87.0 cm³/mol. The highest BCUT2D eigenvalue weighted by Gasteiger charge is 2.14. The van der Waals surface area contributed by atoms with E-state index in [4.69, 9.17) is 0 Å². The van der Waals surface area contributed by atoms with Gasteiger partial charge in [-0.2, -0.15) is 0 Å². The van der Waals surface area contributed by atoms with Gasteiger partial charge in [0.2, 0.25) is 10.0 Å². The number of hydrogen-bond donors (Lipinski definition) is 2. The first-order valence-electron chi connectivity index (χ1n) is 6.67. The Morgan fingerprint density at radius 1 is 1.17 bits per heavy atom. The van der Waals surface area contributed by atoms with Crippen LogP contribution in [0.1, 0.15) is 10.4 Å². The number of amides is 1. The zero-order valence-corrected chi connectivity index (χ0v) is 13.8. The van der Waals surface area contributed by atoms with Gasteiger partial charge in [0.15, 0.2) is 5.82 Å². The molecule has 2 N–H and O–H groups in total. The molecule has 1 heterocycles. The van der Waals surface area contributed by atoms with Gasteiger partial charge in [0.1, 0.15) is 12.0 Å². The normalized spacial score (nSPS) is 11.1. The van der Waals surface area contributed by atoms with Crippen LogP contribution in [-0.2, 0) is 10.0 Å². The molecule has 0 unspecified atom stereocenters. The fourth-order valence-electron chi connectivity index (χ4n) is 1.87. The average molecular weight is 335 g/mol. The number of nitrogens with one attached hydrogen (secondary N) is 2. The van der Waals surface area contributed by atoms with Crippen molar-refractivity contribution in [2.75, 3.05) is 31.4 Å². The number of rotatable bonds is 5. The van der Waals surface area contributed by atoms with E-state index in [0.717, 1.165) is 0 Å². The maximum absolute atomic E-state index is 12.3. The summed E-state index contributed by atoms with van der Waals surface area (Å²) in [5.41, 5.74) is 0.794. The molecule has 0 bridgehead atoms. The third-order valence-corrected chi connectivity index (χ3v) is 4.49.